The van der Waals surface area contributed by atoms with Crippen molar-refractivity contribution in [1.29, 1.82) is 0 Å². The summed E-state index contributed by atoms with van der Waals surface area (Å²) in [5.74, 6) is 0.842. The molecule has 2 amide bonds. The van der Waals surface area contributed by atoms with Crippen molar-refractivity contribution in [2.45, 2.75) is 6.61 Å². The molecule has 158 valence electrons. The second-order valence-electron chi connectivity index (χ2n) is 7.11. The molecule has 0 saturated carbocycles. The summed E-state index contributed by atoms with van der Waals surface area (Å²) in [5.41, 5.74) is 1.55. The minimum atomic E-state index is -0.438. The Morgan fingerprint density at radius 2 is 1.55 bits per heavy atom. The first-order chi connectivity index (χ1) is 15.2. The van der Waals surface area contributed by atoms with Gasteiger partial charge in [-0.3, -0.25) is 9.78 Å². The number of benzene rings is 2. The number of hydrogen-bond acceptors (Lipinski definition) is 5. The van der Waals surface area contributed by atoms with Gasteiger partial charge in [0, 0.05) is 32.4 Å². The first-order valence-corrected chi connectivity index (χ1v) is 10.1. The van der Waals surface area contributed by atoms with Crippen molar-refractivity contribution in [1.82, 2.24) is 14.8 Å². The Kier molecular flexibility index (Phi) is 6.42. The van der Waals surface area contributed by atoms with Gasteiger partial charge in [-0.1, -0.05) is 42.5 Å². The van der Waals surface area contributed by atoms with E-state index in [4.69, 9.17) is 9.47 Å². The molecule has 2 heterocycles. The molecule has 0 aliphatic carbocycles. The predicted octanol–water partition coefficient (Wildman–Crippen LogP) is 3.62. The Bertz CT molecular complexity index is 1020. The lowest BCUT2D eigenvalue weighted by molar-refractivity contribution is 0.0629. The Hall–Kier alpha value is -3.87. The summed E-state index contributed by atoms with van der Waals surface area (Å²) in [4.78, 5) is 32.7. The minimum Gasteiger partial charge on any atom is -0.488 e. The summed E-state index contributed by atoms with van der Waals surface area (Å²) in [5, 5.41) is 0. The van der Waals surface area contributed by atoms with Crippen LogP contribution in [0.15, 0.2) is 79.1 Å². The van der Waals surface area contributed by atoms with Crippen LogP contribution in [0.4, 0.5) is 4.79 Å². The topological polar surface area (TPSA) is 72.0 Å². The SMILES string of the molecule is O=C(Oc1cccnc1)N1CCN(C(=O)c2ccccc2OCc2ccccc2)CC1. The summed E-state index contributed by atoms with van der Waals surface area (Å²) >= 11 is 0. The van der Waals surface area contributed by atoms with Gasteiger partial charge in [0.15, 0.2) is 5.75 Å². The smallest absolute Gasteiger partial charge is 0.415 e. The van der Waals surface area contributed by atoms with E-state index >= 15 is 0 Å². The summed E-state index contributed by atoms with van der Waals surface area (Å²) in [7, 11) is 0. The van der Waals surface area contributed by atoms with Crippen LogP contribution < -0.4 is 9.47 Å². The number of carbonyl (C=O) groups excluding carboxylic acids is 2. The van der Waals surface area contributed by atoms with E-state index in [0.717, 1.165) is 5.56 Å². The number of hydrogen-bond donors (Lipinski definition) is 0. The van der Waals surface area contributed by atoms with E-state index in [9.17, 15) is 9.59 Å². The van der Waals surface area contributed by atoms with Crippen LogP contribution in [0, 0.1) is 0 Å². The number of amides is 2. The minimum absolute atomic E-state index is 0.107. The molecular weight excluding hydrogens is 394 g/mol. The number of piperazine rings is 1. The fourth-order valence-electron chi connectivity index (χ4n) is 3.34. The van der Waals surface area contributed by atoms with Crippen molar-refractivity contribution >= 4 is 12.0 Å². The maximum atomic E-state index is 13.1. The monoisotopic (exact) mass is 417 g/mol. The summed E-state index contributed by atoms with van der Waals surface area (Å²) in [6.07, 6.45) is 2.67. The van der Waals surface area contributed by atoms with Crippen LogP contribution in [-0.4, -0.2) is 53.0 Å². The molecule has 1 saturated heterocycles. The van der Waals surface area contributed by atoms with Gasteiger partial charge in [0.2, 0.25) is 0 Å². The lowest BCUT2D eigenvalue weighted by Crippen LogP contribution is -2.51. The summed E-state index contributed by atoms with van der Waals surface area (Å²) < 4.78 is 11.3. The molecule has 1 aliphatic heterocycles. The zero-order valence-electron chi connectivity index (χ0n) is 17.0. The molecule has 7 heteroatoms. The van der Waals surface area contributed by atoms with Crippen molar-refractivity contribution in [3.05, 3.63) is 90.3 Å². The normalized spacial score (nSPS) is 13.5. The van der Waals surface area contributed by atoms with Crippen molar-refractivity contribution in [2.24, 2.45) is 0 Å². The summed E-state index contributed by atoms with van der Waals surface area (Å²) in [6, 6.07) is 20.4. The van der Waals surface area contributed by atoms with Gasteiger partial charge in [-0.05, 0) is 29.8 Å². The average molecular weight is 417 g/mol. The van der Waals surface area contributed by atoms with Crippen LogP contribution in [0.5, 0.6) is 11.5 Å². The van der Waals surface area contributed by atoms with E-state index in [1.54, 1.807) is 40.3 Å². The van der Waals surface area contributed by atoms with Crippen LogP contribution >= 0.6 is 0 Å². The zero-order chi connectivity index (χ0) is 21.5. The van der Waals surface area contributed by atoms with E-state index < -0.39 is 6.09 Å². The number of ether oxygens (including phenoxy) is 2. The van der Waals surface area contributed by atoms with Gasteiger partial charge in [-0.2, -0.15) is 0 Å². The number of pyridine rings is 1. The Morgan fingerprint density at radius 3 is 2.29 bits per heavy atom. The Morgan fingerprint density at radius 1 is 0.839 bits per heavy atom. The molecule has 0 unspecified atom stereocenters. The van der Waals surface area contributed by atoms with E-state index in [1.807, 2.05) is 42.5 Å². The van der Waals surface area contributed by atoms with E-state index in [0.29, 0.717) is 49.8 Å². The van der Waals surface area contributed by atoms with E-state index in [1.165, 1.54) is 6.20 Å². The van der Waals surface area contributed by atoms with Crippen LogP contribution in [0.2, 0.25) is 0 Å². The lowest BCUT2D eigenvalue weighted by atomic mass is 10.1. The van der Waals surface area contributed by atoms with Crippen molar-refractivity contribution in [3.8, 4) is 11.5 Å². The maximum absolute atomic E-state index is 13.1. The molecule has 0 radical (unpaired) electrons. The Labute approximate surface area is 180 Å². The van der Waals surface area contributed by atoms with Gasteiger partial charge in [-0.15, -0.1) is 0 Å². The lowest BCUT2D eigenvalue weighted by Gasteiger charge is -2.34. The molecule has 31 heavy (non-hydrogen) atoms. The molecule has 0 spiro atoms. The fraction of sp³-hybridized carbons (Fsp3) is 0.208. The number of aromatic nitrogens is 1. The molecule has 7 nitrogen and oxygen atoms in total. The second-order valence-corrected chi connectivity index (χ2v) is 7.11. The van der Waals surface area contributed by atoms with Gasteiger partial charge >= 0.3 is 6.09 Å². The van der Waals surface area contributed by atoms with Crippen LogP contribution in [-0.2, 0) is 6.61 Å². The van der Waals surface area contributed by atoms with Gasteiger partial charge in [0.05, 0.1) is 11.8 Å². The molecule has 1 aromatic heterocycles. The zero-order valence-corrected chi connectivity index (χ0v) is 17.0. The van der Waals surface area contributed by atoms with E-state index in [2.05, 4.69) is 4.98 Å². The van der Waals surface area contributed by atoms with Gasteiger partial charge in [0.1, 0.15) is 12.4 Å². The average Bonchev–Trinajstić information content (AvgIpc) is 2.84. The quantitative estimate of drug-likeness (QED) is 0.634. The maximum Gasteiger partial charge on any atom is 0.415 e. The van der Waals surface area contributed by atoms with Crippen molar-refractivity contribution in [3.63, 3.8) is 0 Å². The molecular formula is C24H23N3O4. The number of rotatable bonds is 5. The molecule has 1 fully saturated rings. The van der Waals surface area contributed by atoms with E-state index in [-0.39, 0.29) is 5.91 Å². The van der Waals surface area contributed by atoms with Crippen LogP contribution in [0.25, 0.3) is 0 Å². The number of carbonyl (C=O) groups is 2. The second kappa shape index (κ2) is 9.75. The van der Waals surface area contributed by atoms with Gasteiger partial charge < -0.3 is 19.3 Å². The third-order valence-electron chi connectivity index (χ3n) is 5.02. The standard InChI is InChI=1S/C24H23N3O4/c28-23(21-10-4-5-11-22(21)30-18-19-7-2-1-3-8-19)26-13-15-27(16-14-26)24(29)31-20-9-6-12-25-17-20/h1-12,17H,13-16,18H2. The summed E-state index contributed by atoms with van der Waals surface area (Å²) in [6.45, 7) is 2.04. The molecule has 1 aliphatic rings. The van der Waals surface area contributed by atoms with Crippen LogP contribution in [0.3, 0.4) is 0 Å². The van der Waals surface area contributed by atoms with Crippen LogP contribution in [0.1, 0.15) is 15.9 Å². The molecule has 0 N–H and O–H groups in total. The third-order valence-corrected chi connectivity index (χ3v) is 5.02. The molecule has 2 aromatic carbocycles. The highest BCUT2D eigenvalue weighted by molar-refractivity contribution is 5.97. The first kappa shape index (κ1) is 20.4. The van der Waals surface area contributed by atoms with Gasteiger partial charge in [-0.25, -0.2) is 4.79 Å². The highest BCUT2D eigenvalue weighted by Crippen LogP contribution is 2.22. The fourth-order valence-corrected chi connectivity index (χ4v) is 3.34. The van der Waals surface area contributed by atoms with Crippen molar-refractivity contribution in [2.75, 3.05) is 26.2 Å². The molecule has 0 bridgehead atoms. The molecule has 0 atom stereocenters. The van der Waals surface area contributed by atoms with Gasteiger partial charge in [0.25, 0.3) is 5.91 Å². The number of nitrogens with zero attached hydrogens (tertiary/aromatic N) is 3. The highest BCUT2D eigenvalue weighted by Gasteiger charge is 2.27. The Balaban J connectivity index is 1.35. The van der Waals surface area contributed by atoms with Crippen molar-refractivity contribution < 1.29 is 19.1 Å². The number of para-hydroxylation sites is 1. The molecule has 4 rings (SSSR count). The predicted molar refractivity (Wildman–Crippen MR) is 115 cm³/mol. The molecule has 3 aromatic rings. The highest BCUT2D eigenvalue weighted by atomic mass is 16.6. The first-order valence-electron chi connectivity index (χ1n) is 10.1. The largest absolute Gasteiger partial charge is 0.488 e. The third kappa shape index (κ3) is 5.19.